The van der Waals surface area contributed by atoms with Gasteiger partial charge >= 0.3 is 5.97 Å². The third kappa shape index (κ3) is 3.27. The lowest BCUT2D eigenvalue weighted by atomic mass is 10.4. The van der Waals surface area contributed by atoms with Crippen LogP contribution in [-0.4, -0.2) is 37.4 Å². The number of carbonyl (C=O) groups excluding carboxylic acids is 1. The number of carbonyl (C=O) groups is 1. The molecule has 1 unspecified atom stereocenters. The monoisotopic (exact) mass is 294 g/mol. The Balaban J connectivity index is 2.14. The molecule has 0 N–H and O–H groups in total. The van der Waals surface area contributed by atoms with E-state index in [9.17, 15) is 4.79 Å². The minimum absolute atomic E-state index is 0.239. The van der Waals surface area contributed by atoms with Crippen LogP contribution in [0.2, 0.25) is 0 Å². The number of thioether (sulfide) groups is 1. The van der Waals surface area contributed by atoms with Gasteiger partial charge in [-0.25, -0.2) is 9.50 Å². The van der Waals surface area contributed by atoms with E-state index in [0.717, 1.165) is 17.8 Å². The van der Waals surface area contributed by atoms with Crippen LogP contribution in [0.25, 0.3) is 5.78 Å². The molecule has 0 saturated heterocycles. The molecule has 2 rings (SSSR count). The van der Waals surface area contributed by atoms with Crippen molar-refractivity contribution in [2.75, 3.05) is 6.61 Å². The number of fused-ring (bicyclic) bond motifs is 1. The number of hydrogen-bond donors (Lipinski definition) is 0. The molecule has 0 bridgehead atoms. The summed E-state index contributed by atoms with van der Waals surface area (Å²) in [6.45, 7) is 8.07. The first-order valence-electron chi connectivity index (χ1n) is 6.55. The Morgan fingerprint density at radius 1 is 1.45 bits per heavy atom. The molecule has 0 aliphatic heterocycles. The Hall–Kier alpha value is -1.63. The molecule has 0 radical (unpaired) electrons. The Morgan fingerprint density at radius 3 is 2.90 bits per heavy atom. The summed E-state index contributed by atoms with van der Waals surface area (Å²) in [6, 6.07) is 1.94. The molecule has 0 saturated carbocycles. The average Bonchev–Trinajstić information content (AvgIpc) is 2.78. The summed E-state index contributed by atoms with van der Waals surface area (Å²) in [7, 11) is 0. The fourth-order valence-corrected chi connectivity index (χ4v) is 2.47. The number of aryl methyl sites for hydroxylation is 2. The van der Waals surface area contributed by atoms with E-state index in [2.05, 4.69) is 15.1 Å². The van der Waals surface area contributed by atoms with Gasteiger partial charge in [0.05, 0.1) is 6.61 Å². The van der Waals surface area contributed by atoms with Crippen LogP contribution in [0.3, 0.4) is 0 Å². The summed E-state index contributed by atoms with van der Waals surface area (Å²) < 4.78 is 6.78. The maximum Gasteiger partial charge on any atom is 0.319 e. The van der Waals surface area contributed by atoms with Crippen molar-refractivity contribution in [2.45, 2.75) is 44.5 Å². The first-order chi connectivity index (χ1) is 9.51. The highest BCUT2D eigenvalue weighted by Gasteiger charge is 2.19. The lowest BCUT2D eigenvalue weighted by Gasteiger charge is -2.07. The molecule has 0 aromatic carbocycles. The van der Waals surface area contributed by atoms with Crippen LogP contribution in [0.4, 0.5) is 0 Å². The lowest BCUT2D eigenvalue weighted by molar-refractivity contribution is -0.142. The summed E-state index contributed by atoms with van der Waals surface area (Å²) in [5.74, 6) is 0.315. The highest BCUT2D eigenvalue weighted by atomic mass is 32.2. The Kier molecular flexibility index (Phi) is 4.59. The zero-order chi connectivity index (χ0) is 14.7. The van der Waals surface area contributed by atoms with Crippen LogP contribution < -0.4 is 0 Å². The summed E-state index contributed by atoms with van der Waals surface area (Å²) in [5, 5.41) is 4.56. The van der Waals surface area contributed by atoms with Crippen molar-refractivity contribution in [3.63, 3.8) is 0 Å². The highest BCUT2D eigenvalue weighted by Crippen LogP contribution is 2.21. The van der Waals surface area contributed by atoms with Gasteiger partial charge in [0.25, 0.3) is 5.78 Å². The molecule has 108 valence electrons. The predicted octanol–water partition coefficient (Wildman–Crippen LogP) is 2.17. The van der Waals surface area contributed by atoms with E-state index in [1.807, 2.05) is 26.8 Å². The van der Waals surface area contributed by atoms with E-state index in [0.29, 0.717) is 17.5 Å². The van der Waals surface area contributed by atoms with Crippen LogP contribution in [-0.2, 0) is 9.53 Å². The molecule has 2 aromatic heterocycles. The third-order valence-electron chi connectivity index (χ3n) is 2.66. The molecular formula is C13H18N4O2S. The molecular weight excluding hydrogens is 276 g/mol. The quantitative estimate of drug-likeness (QED) is 0.622. The zero-order valence-corrected chi connectivity index (χ0v) is 12.9. The van der Waals surface area contributed by atoms with Gasteiger partial charge in [0.15, 0.2) is 0 Å². The van der Waals surface area contributed by atoms with Gasteiger partial charge in [-0.2, -0.15) is 4.98 Å². The SMILES string of the molecule is CCCOC(=O)C(C)Sc1nc2nc(C)cc(C)n2n1. The molecule has 7 heteroatoms. The molecule has 2 aromatic rings. The molecule has 0 aliphatic rings. The van der Waals surface area contributed by atoms with E-state index >= 15 is 0 Å². The van der Waals surface area contributed by atoms with Crippen molar-refractivity contribution in [1.29, 1.82) is 0 Å². The fourth-order valence-electron chi connectivity index (χ4n) is 1.72. The number of aromatic nitrogens is 4. The van der Waals surface area contributed by atoms with Gasteiger partial charge in [0.1, 0.15) is 5.25 Å². The van der Waals surface area contributed by atoms with Gasteiger partial charge in [0, 0.05) is 11.4 Å². The number of rotatable bonds is 5. The zero-order valence-electron chi connectivity index (χ0n) is 12.1. The Labute approximate surface area is 121 Å². The minimum atomic E-state index is -0.333. The van der Waals surface area contributed by atoms with Crippen molar-refractivity contribution in [2.24, 2.45) is 0 Å². The largest absolute Gasteiger partial charge is 0.465 e. The van der Waals surface area contributed by atoms with Gasteiger partial charge in [0.2, 0.25) is 5.16 Å². The summed E-state index contributed by atoms with van der Waals surface area (Å²) in [6.07, 6.45) is 0.818. The average molecular weight is 294 g/mol. The smallest absolute Gasteiger partial charge is 0.319 e. The fraction of sp³-hybridized carbons (Fsp3) is 0.538. The minimum Gasteiger partial charge on any atom is -0.465 e. The molecule has 6 nitrogen and oxygen atoms in total. The van der Waals surface area contributed by atoms with Gasteiger partial charge in [-0.05, 0) is 33.3 Å². The van der Waals surface area contributed by atoms with E-state index < -0.39 is 0 Å². The van der Waals surface area contributed by atoms with Crippen LogP contribution in [0.5, 0.6) is 0 Å². The predicted molar refractivity (Wildman–Crippen MR) is 76.8 cm³/mol. The van der Waals surface area contributed by atoms with Crippen molar-refractivity contribution < 1.29 is 9.53 Å². The molecule has 2 heterocycles. The molecule has 0 aliphatic carbocycles. The van der Waals surface area contributed by atoms with E-state index in [1.165, 1.54) is 11.8 Å². The maximum atomic E-state index is 11.7. The van der Waals surface area contributed by atoms with E-state index in [-0.39, 0.29) is 11.2 Å². The molecule has 1 atom stereocenters. The molecule has 0 amide bonds. The van der Waals surface area contributed by atoms with Crippen LogP contribution >= 0.6 is 11.8 Å². The van der Waals surface area contributed by atoms with Crippen LogP contribution in [0.15, 0.2) is 11.2 Å². The summed E-state index contributed by atoms with van der Waals surface area (Å²) in [4.78, 5) is 20.4. The van der Waals surface area contributed by atoms with Crippen molar-refractivity contribution in [1.82, 2.24) is 19.6 Å². The van der Waals surface area contributed by atoms with Crippen LogP contribution in [0, 0.1) is 13.8 Å². The summed E-state index contributed by atoms with van der Waals surface area (Å²) in [5.41, 5.74) is 1.86. The van der Waals surface area contributed by atoms with Gasteiger partial charge in [-0.1, -0.05) is 18.7 Å². The second-order valence-electron chi connectivity index (χ2n) is 4.57. The lowest BCUT2D eigenvalue weighted by Crippen LogP contribution is -2.17. The van der Waals surface area contributed by atoms with E-state index in [1.54, 1.807) is 11.4 Å². The molecule has 20 heavy (non-hydrogen) atoms. The van der Waals surface area contributed by atoms with Crippen LogP contribution in [0.1, 0.15) is 31.7 Å². The van der Waals surface area contributed by atoms with Crippen molar-refractivity contribution >= 4 is 23.5 Å². The second-order valence-corrected chi connectivity index (χ2v) is 5.88. The summed E-state index contributed by atoms with van der Waals surface area (Å²) >= 11 is 1.28. The standard InChI is InChI=1S/C13H18N4O2S/c1-5-6-19-11(18)10(4)20-13-15-12-14-8(2)7-9(3)17(12)16-13/h7,10H,5-6H2,1-4H3. The number of esters is 1. The van der Waals surface area contributed by atoms with Gasteiger partial charge in [-0.3, -0.25) is 4.79 Å². The number of hydrogen-bond acceptors (Lipinski definition) is 6. The third-order valence-corrected chi connectivity index (χ3v) is 3.59. The molecule has 0 spiro atoms. The normalized spacial score (nSPS) is 12.6. The van der Waals surface area contributed by atoms with Gasteiger partial charge in [-0.15, -0.1) is 5.10 Å². The van der Waals surface area contributed by atoms with Gasteiger partial charge < -0.3 is 4.74 Å². The molecule has 0 fully saturated rings. The number of ether oxygens (including phenoxy) is 1. The first-order valence-corrected chi connectivity index (χ1v) is 7.43. The topological polar surface area (TPSA) is 69.4 Å². The van der Waals surface area contributed by atoms with Crippen molar-refractivity contribution in [3.8, 4) is 0 Å². The Bertz CT molecular complexity index is 626. The first kappa shape index (κ1) is 14.8. The van der Waals surface area contributed by atoms with E-state index in [4.69, 9.17) is 4.74 Å². The maximum absolute atomic E-state index is 11.7. The highest BCUT2D eigenvalue weighted by molar-refractivity contribution is 8.00. The second kappa shape index (κ2) is 6.21. The van der Waals surface area contributed by atoms with Crippen molar-refractivity contribution in [3.05, 3.63) is 17.5 Å². The Morgan fingerprint density at radius 2 is 2.20 bits per heavy atom. The number of nitrogens with zero attached hydrogens (tertiary/aromatic N) is 4.